The van der Waals surface area contributed by atoms with Crippen molar-refractivity contribution in [2.75, 3.05) is 26.4 Å². The van der Waals surface area contributed by atoms with Crippen LogP contribution < -0.4 is 5.32 Å². The van der Waals surface area contributed by atoms with Crippen molar-refractivity contribution in [3.8, 4) is 0 Å². The quantitative estimate of drug-likeness (QED) is 0.153. The number of esters is 3. The first-order valence-electron chi connectivity index (χ1n) is 10.9. The van der Waals surface area contributed by atoms with Crippen LogP contribution in [0.25, 0.3) is 0 Å². The highest BCUT2D eigenvalue weighted by molar-refractivity contribution is 6.26. The van der Waals surface area contributed by atoms with Gasteiger partial charge in [-0.25, -0.2) is 14.5 Å². The number of hydrogen-bond donors (Lipinski definition) is 1. The van der Waals surface area contributed by atoms with E-state index in [9.17, 15) is 28.8 Å². The lowest BCUT2D eigenvalue weighted by molar-refractivity contribution is -0.172. The summed E-state index contributed by atoms with van der Waals surface area (Å²) in [5, 5.41) is 2.54. The van der Waals surface area contributed by atoms with E-state index in [1.165, 1.54) is 32.9 Å². The monoisotopic (exact) mass is 476 g/mol. The molecule has 0 spiro atoms. The topological polar surface area (TPSA) is 145 Å². The lowest BCUT2D eigenvalue weighted by Gasteiger charge is -2.35. The average Bonchev–Trinajstić information content (AvgIpc) is 3.06. The molecular weight excluding hydrogens is 448 g/mol. The van der Waals surface area contributed by atoms with E-state index in [0.717, 1.165) is 0 Å². The smallest absolute Gasteiger partial charge is 0.344 e. The van der Waals surface area contributed by atoms with Crippen LogP contribution in [0.15, 0.2) is 24.3 Å². The highest BCUT2D eigenvalue weighted by Gasteiger charge is 2.60. The maximum absolute atomic E-state index is 13.2. The van der Waals surface area contributed by atoms with E-state index in [4.69, 9.17) is 9.47 Å². The number of benzene rings is 1. The Bertz CT molecular complexity index is 920. The van der Waals surface area contributed by atoms with Gasteiger partial charge in [-0.15, -0.1) is 0 Å². The number of carbonyl (C=O) groups excluding carboxylic acids is 6. The molecule has 0 saturated carbocycles. The molecule has 1 aliphatic rings. The molecule has 1 heterocycles. The molecule has 0 bridgehead atoms. The Labute approximate surface area is 196 Å². The molecule has 0 unspecified atom stereocenters. The van der Waals surface area contributed by atoms with E-state index in [0.29, 0.717) is 4.90 Å². The van der Waals surface area contributed by atoms with Gasteiger partial charge in [-0.3, -0.25) is 19.2 Å². The number of ether oxygens (including phenoxy) is 3. The molecule has 11 heteroatoms. The van der Waals surface area contributed by atoms with Crippen LogP contribution in [0, 0.1) is 0 Å². The average molecular weight is 476 g/mol. The van der Waals surface area contributed by atoms with Crippen LogP contribution >= 0.6 is 0 Å². The molecule has 1 aromatic carbocycles. The highest BCUT2D eigenvalue weighted by atomic mass is 16.6. The molecule has 2 rings (SSSR count). The van der Waals surface area contributed by atoms with Crippen molar-refractivity contribution in [1.29, 1.82) is 0 Å². The van der Waals surface area contributed by atoms with Crippen LogP contribution in [0.3, 0.4) is 0 Å². The Morgan fingerprint density at radius 1 is 0.882 bits per heavy atom. The van der Waals surface area contributed by atoms with E-state index >= 15 is 0 Å². The third-order valence-electron chi connectivity index (χ3n) is 5.10. The summed E-state index contributed by atoms with van der Waals surface area (Å²) >= 11 is 0. The molecule has 0 saturated heterocycles. The number of rotatable bonds is 12. The summed E-state index contributed by atoms with van der Waals surface area (Å²) in [6.45, 7) is 3.79. The van der Waals surface area contributed by atoms with Gasteiger partial charge in [-0.05, 0) is 45.2 Å². The summed E-state index contributed by atoms with van der Waals surface area (Å²) in [5.41, 5.74) is -2.17. The SMILES string of the molecule is CCOC(=O)C(CCCCNC(=O)COC(C)=O)(C(=O)OCC)N1C(=O)c2ccccc2C1=O. The molecule has 0 aliphatic carbocycles. The first-order valence-corrected chi connectivity index (χ1v) is 10.9. The number of amides is 3. The zero-order valence-electron chi connectivity index (χ0n) is 19.4. The lowest BCUT2D eigenvalue weighted by atomic mass is 9.89. The third-order valence-corrected chi connectivity index (χ3v) is 5.10. The molecule has 1 aliphatic heterocycles. The maximum atomic E-state index is 13.2. The largest absolute Gasteiger partial charge is 0.464 e. The van der Waals surface area contributed by atoms with Crippen molar-refractivity contribution < 1.29 is 43.0 Å². The van der Waals surface area contributed by atoms with Crippen molar-refractivity contribution in [2.45, 2.75) is 45.6 Å². The number of nitrogens with one attached hydrogen (secondary N) is 1. The van der Waals surface area contributed by atoms with E-state index < -0.39 is 47.8 Å². The molecule has 1 aromatic rings. The molecule has 3 amide bonds. The molecule has 34 heavy (non-hydrogen) atoms. The Balaban J connectivity index is 2.27. The lowest BCUT2D eigenvalue weighted by Crippen LogP contribution is -2.63. The van der Waals surface area contributed by atoms with E-state index in [1.54, 1.807) is 12.1 Å². The van der Waals surface area contributed by atoms with Gasteiger partial charge in [0.15, 0.2) is 6.61 Å². The molecular formula is C23H28N2O9. The second kappa shape index (κ2) is 11.9. The molecule has 1 N–H and O–H groups in total. The minimum atomic E-state index is -2.32. The Hall–Kier alpha value is -3.76. The first-order chi connectivity index (χ1) is 16.2. The Kier molecular flexibility index (Phi) is 9.28. The highest BCUT2D eigenvalue weighted by Crippen LogP contribution is 2.35. The molecule has 11 nitrogen and oxygen atoms in total. The van der Waals surface area contributed by atoms with Crippen LogP contribution in [-0.4, -0.2) is 72.4 Å². The van der Waals surface area contributed by atoms with Gasteiger partial charge in [-0.1, -0.05) is 12.1 Å². The molecule has 0 fully saturated rings. The van der Waals surface area contributed by atoms with Crippen LogP contribution in [-0.2, 0) is 33.4 Å². The number of carbonyl (C=O) groups is 6. The van der Waals surface area contributed by atoms with E-state index in [2.05, 4.69) is 10.1 Å². The van der Waals surface area contributed by atoms with E-state index in [-0.39, 0.29) is 50.1 Å². The summed E-state index contributed by atoms with van der Waals surface area (Å²) in [5.74, 6) is -4.83. The normalized spacial score (nSPS) is 12.7. The summed E-state index contributed by atoms with van der Waals surface area (Å²) in [7, 11) is 0. The Morgan fingerprint density at radius 2 is 1.41 bits per heavy atom. The second-order valence-corrected chi connectivity index (χ2v) is 7.38. The summed E-state index contributed by atoms with van der Waals surface area (Å²) in [4.78, 5) is 75.7. The van der Waals surface area contributed by atoms with Crippen molar-refractivity contribution in [1.82, 2.24) is 10.2 Å². The van der Waals surface area contributed by atoms with Crippen molar-refractivity contribution in [2.24, 2.45) is 0 Å². The van der Waals surface area contributed by atoms with Crippen LogP contribution in [0.4, 0.5) is 0 Å². The number of fused-ring (bicyclic) bond motifs is 1. The minimum Gasteiger partial charge on any atom is -0.464 e. The van der Waals surface area contributed by atoms with Gasteiger partial charge >= 0.3 is 17.9 Å². The van der Waals surface area contributed by atoms with E-state index in [1.807, 2.05) is 0 Å². The Morgan fingerprint density at radius 3 is 1.88 bits per heavy atom. The summed E-state index contributed by atoms with van der Waals surface area (Å²) in [6.07, 6.45) is 0.171. The number of imide groups is 1. The van der Waals surface area contributed by atoms with Crippen molar-refractivity contribution in [3.05, 3.63) is 35.4 Å². The number of hydrogen-bond acceptors (Lipinski definition) is 9. The fourth-order valence-corrected chi connectivity index (χ4v) is 3.57. The molecule has 0 atom stereocenters. The van der Waals surface area contributed by atoms with Crippen molar-refractivity contribution >= 4 is 35.6 Å². The number of nitrogens with zero attached hydrogens (tertiary/aromatic N) is 1. The zero-order valence-corrected chi connectivity index (χ0v) is 19.4. The van der Waals surface area contributed by atoms with Crippen molar-refractivity contribution in [3.63, 3.8) is 0 Å². The maximum Gasteiger partial charge on any atom is 0.344 e. The van der Waals surface area contributed by atoms with Crippen LogP contribution in [0.2, 0.25) is 0 Å². The molecule has 0 radical (unpaired) electrons. The van der Waals surface area contributed by atoms with Gasteiger partial charge in [0.05, 0.1) is 24.3 Å². The third kappa shape index (κ3) is 5.59. The standard InChI is InChI=1S/C23H28N2O9/c1-4-32-21(30)23(22(31)33-5-2,12-8-9-13-24-18(27)14-34-15(3)26)25-19(28)16-10-6-7-11-17(16)20(25)29/h6-7,10-11H,4-5,8-9,12-14H2,1-3H3,(H,24,27). The van der Waals surface area contributed by atoms with Gasteiger partial charge in [0, 0.05) is 13.5 Å². The van der Waals surface area contributed by atoms with Gasteiger partial charge in [0.2, 0.25) is 5.54 Å². The van der Waals surface area contributed by atoms with Gasteiger partial charge in [-0.2, -0.15) is 0 Å². The summed E-state index contributed by atoms with van der Waals surface area (Å²) < 4.78 is 14.9. The van der Waals surface area contributed by atoms with Gasteiger partial charge < -0.3 is 19.5 Å². The fourth-order valence-electron chi connectivity index (χ4n) is 3.57. The number of unbranched alkanes of at least 4 members (excludes halogenated alkanes) is 1. The molecule has 184 valence electrons. The zero-order chi connectivity index (χ0) is 25.3. The van der Waals surface area contributed by atoms with Crippen LogP contribution in [0.1, 0.15) is 60.7 Å². The minimum absolute atomic E-state index is 0.0724. The van der Waals surface area contributed by atoms with Gasteiger partial charge in [0.25, 0.3) is 17.7 Å². The van der Waals surface area contributed by atoms with Crippen LogP contribution in [0.5, 0.6) is 0 Å². The molecule has 0 aromatic heterocycles. The first kappa shape index (κ1) is 26.5. The predicted octanol–water partition coefficient (Wildman–Crippen LogP) is 0.997. The summed E-state index contributed by atoms with van der Waals surface area (Å²) in [6, 6.07) is 6.02. The predicted molar refractivity (Wildman–Crippen MR) is 116 cm³/mol. The van der Waals surface area contributed by atoms with Gasteiger partial charge in [0.1, 0.15) is 0 Å². The fraction of sp³-hybridized carbons (Fsp3) is 0.478. The second-order valence-electron chi connectivity index (χ2n) is 7.38.